The topological polar surface area (TPSA) is 41.5 Å². The highest BCUT2D eigenvalue weighted by atomic mass is 32.1. The Balaban J connectivity index is 2.28. The molecule has 0 fully saturated rings. The maximum absolute atomic E-state index is 11.4. The first-order valence-corrected chi connectivity index (χ1v) is 5.99. The molecule has 0 aliphatic carbocycles. The van der Waals surface area contributed by atoms with Crippen LogP contribution in [0, 0.1) is 0 Å². The van der Waals surface area contributed by atoms with Gasteiger partial charge in [-0.15, -0.1) is 0 Å². The average Bonchev–Trinajstić information content (AvgIpc) is 2.28. The van der Waals surface area contributed by atoms with E-state index < -0.39 is 0 Å². The van der Waals surface area contributed by atoms with Crippen molar-refractivity contribution in [2.75, 3.05) is 0 Å². The SMILES string of the molecule is CC(C)c1ccc(C2=NC(=S)NC(=O)C2)cc1. The van der Waals surface area contributed by atoms with E-state index in [9.17, 15) is 4.79 Å². The van der Waals surface area contributed by atoms with E-state index in [0.29, 0.717) is 12.3 Å². The van der Waals surface area contributed by atoms with Crippen molar-refractivity contribution in [2.45, 2.75) is 26.2 Å². The van der Waals surface area contributed by atoms with Gasteiger partial charge in [-0.1, -0.05) is 38.1 Å². The fourth-order valence-electron chi connectivity index (χ4n) is 1.73. The van der Waals surface area contributed by atoms with E-state index in [2.05, 4.69) is 36.3 Å². The summed E-state index contributed by atoms with van der Waals surface area (Å²) >= 11 is 4.91. The lowest BCUT2D eigenvalue weighted by molar-refractivity contribution is -0.118. The number of amides is 1. The summed E-state index contributed by atoms with van der Waals surface area (Å²) in [5.74, 6) is 0.412. The Labute approximate surface area is 106 Å². The molecule has 1 heterocycles. The van der Waals surface area contributed by atoms with Crippen molar-refractivity contribution in [1.82, 2.24) is 5.32 Å². The molecule has 1 N–H and O–H groups in total. The third-order valence-electron chi connectivity index (χ3n) is 2.72. The van der Waals surface area contributed by atoms with Gasteiger partial charge in [0.1, 0.15) is 0 Å². The zero-order chi connectivity index (χ0) is 12.4. The number of carbonyl (C=O) groups is 1. The van der Waals surface area contributed by atoms with Crippen molar-refractivity contribution < 1.29 is 4.79 Å². The van der Waals surface area contributed by atoms with Crippen molar-refractivity contribution in [3.63, 3.8) is 0 Å². The number of benzene rings is 1. The van der Waals surface area contributed by atoms with Crippen LogP contribution in [0.1, 0.15) is 37.3 Å². The minimum absolute atomic E-state index is 0.0899. The van der Waals surface area contributed by atoms with Gasteiger partial charge in [-0.3, -0.25) is 4.79 Å². The molecule has 88 valence electrons. The molecule has 1 aromatic rings. The Bertz CT molecular complexity index is 489. The molecule has 4 heteroatoms. The molecule has 0 radical (unpaired) electrons. The zero-order valence-electron chi connectivity index (χ0n) is 9.86. The summed E-state index contributed by atoms with van der Waals surface area (Å²) in [5, 5.41) is 2.77. The van der Waals surface area contributed by atoms with Gasteiger partial charge in [0, 0.05) is 0 Å². The molecule has 0 aromatic heterocycles. The van der Waals surface area contributed by atoms with E-state index >= 15 is 0 Å². The minimum Gasteiger partial charge on any atom is -0.301 e. The fourth-order valence-corrected chi connectivity index (χ4v) is 1.96. The Morgan fingerprint density at radius 1 is 1.29 bits per heavy atom. The molecule has 17 heavy (non-hydrogen) atoms. The standard InChI is InChI=1S/C13H14N2OS/c1-8(2)9-3-5-10(6-4-9)11-7-12(16)15-13(17)14-11/h3-6,8H,7H2,1-2H3,(H,15,16,17). The normalized spacial score (nSPS) is 15.8. The molecule has 1 aliphatic heterocycles. The van der Waals surface area contributed by atoms with Gasteiger partial charge in [-0.2, -0.15) is 0 Å². The van der Waals surface area contributed by atoms with Crippen LogP contribution in [0.4, 0.5) is 0 Å². The summed E-state index contributed by atoms with van der Waals surface area (Å²) in [4.78, 5) is 15.5. The van der Waals surface area contributed by atoms with Crippen LogP contribution in [0.25, 0.3) is 0 Å². The number of nitrogens with zero attached hydrogens (tertiary/aromatic N) is 1. The fraction of sp³-hybridized carbons (Fsp3) is 0.308. The molecule has 1 aliphatic rings. The molecular formula is C13H14N2OS. The lowest BCUT2D eigenvalue weighted by Crippen LogP contribution is -2.35. The Kier molecular flexibility index (Phi) is 3.33. The third-order valence-corrected chi connectivity index (χ3v) is 2.91. The van der Waals surface area contributed by atoms with E-state index in [1.165, 1.54) is 5.56 Å². The predicted octanol–water partition coefficient (Wildman–Crippen LogP) is 2.40. The number of hydrogen-bond donors (Lipinski definition) is 1. The van der Waals surface area contributed by atoms with Crippen LogP contribution in [-0.4, -0.2) is 16.7 Å². The van der Waals surface area contributed by atoms with Crippen LogP contribution in [0.2, 0.25) is 0 Å². The molecular weight excluding hydrogens is 232 g/mol. The van der Waals surface area contributed by atoms with Crippen LogP contribution >= 0.6 is 12.2 Å². The molecule has 1 aromatic carbocycles. The van der Waals surface area contributed by atoms with Crippen molar-refractivity contribution in [2.24, 2.45) is 4.99 Å². The Morgan fingerprint density at radius 2 is 1.94 bits per heavy atom. The molecule has 3 nitrogen and oxygen atoms in total. The summed E-state index contributed by atoms with van der Waals surface area (Å²) < 4.78 is 0. The largest absolute Gasteiger partial charge is 0.301 e. The molecule has 1 amide bonds. The van der Waals surface area contributed by atoms with Crippen molar-refractivity contribution >= 4 is 28.9 Å². The van der Waals surface area contributed by atoms with Crippen LogP contribution in [0.5, 0.6) is 0 Å². The molecule has 0 saturated carbocycles. The van der Waals surface area contributed by atoms with Crippen molar-refractivity contribution in [3.05, 3.63) is 35.4 Å². The maximum Gasteiger partial charge on any atom is 0.232 e. The molecule has 0 spiro atoms. The highest BCUT2D eigenvalue weighted by Gasteiger charge is 2.17. The maximum atomic E-state index is 11.4. The summed E-state index contributed by atoms with van der Waals surface area (Å²) in [6, 6.07) is 8.13. The van der Waals surface area contributed by atoms with Gasteiger partial charge in [-0.25, -0.2) is 4.99 Å². The Hall–Kier alpha value is -1.55. The first kappa shape index (κ1) is 11.9. The summed E-state index contributed by atoms with van der Waals surface area (Å²) in [6.45, 7) is 4.30. The van der Waals surface area contributed by atoms with Crippen LogP contribution in [0.15, 0.2) is 29.3 Å². The van der Waals surface area contributed by atoms with Gasteiger partial charge >= 0.3 is 0 Å². The number of rotatable bonds is 2. The first-order chi connectivity index (χ1) is 8.06. The quantitative estimate of drug-likeness (QED) is 0.814. The van der Waals surface area contributed by atoms with Crippen LogP contribution in [0.3, 0.4) is 0 Å². The van der Waals surface area contributed by atoms with Gasteiger partial charge in [0.25, 0.3) is 0 Å². The second-order valence-corrected chi connectivity index (χ2v) is 4.75. The van der Waals surface area contributed by atoms with E-state index in [0.717, 1.165) is 11.3 Å². The Morgan fingerprint density at radius 3 is 2.47 bits per heavy atom. The van der Waals surface area contributed by atoms with Gasteiger partial charge in [0.15, 0.2) is 5.11 Å². The summed E-state index contributed by atoms with van der Waals surface area (Å²) in [5.41, 5.74) is 2.98. The molecule has 0 saturated heterocycles. The zero-order valence-corrected chi connectivity index (χ0v) is 10.7. The van der Waals surface area contributed by atoms with Gasteiger partial charge in [0.2, 0.25) is 5.91 Å². The van der Waals surface area contributed by atoms with Crippen molar-refractivity contribution in [1.29, 1.82) is 0 Å². The lowest BCUT2D eigenvalue weighted by Gasteiger charge is -2.14. The monoisotopic (exact) mass is 246 g/mol. The van der Waals surface area contributed by atoms with Gasteiger partial charge in [-0.05, 0) is 29.3 Å². The highest BCUT2D eigenvalue weighted by Crippen LogP contribution is 2.16. The molecule has 2 rings (SSSR count). The molecule has 0 unspecified atom stereocenters. The summed E-state index contributed by atoms with van der Waals surface area (Å²) in [7, 11) is 0. The smallest absolute Gasteiger partial charge is 0.232 e. The second kappa shape index (κ2) is 4.75. The van der Waals surface area contributed by atoms with Crippen molar-refractivity contribution in [3.8, 4) is 0 Å². The van der Waals surface area contributed by atoms with E-state index in [1.807, 2.05) is 12.1 Å². The van der Waals surface area contributed by atoms with E-state index in [1.54, 1.807) is 0 Å². The third kappa shape index (κ3) is 2.77. The lowest BCUT2D eigenvalue weighted by atomic mass is 9.99. The number of carbonyl (C=O) groups excluding carboxylic acids is 1. The average molecular weight is 246 g/mol. The van der Waals surface area contributed by atoms with Gasteiger partial charge < -0.3 is 5.32 Å². The second-order valence-electron chi connectivity index (χ2n) is 4.37. The van der Waals surface area contributed by atoms with E-state index in [-0.39, 0.29) is 11.0 Å². The molecule has 0 bridgehead atoms. The molecule has 0 atom stereocenters. The van der Waals surface area contributed by atoms with Gasteiger partial charge in [0.05, 0.1) is 12.1 Å². The number of hydrogen-bond acceptors (Lipinski definition) is 2. The summed E-state index contributed by atoms with van der Waals surface area (Å²) in [6.07, 6.45) is 0.293. The number of aliphatic imine (C=N–C) groups is 1. The highest BCUT2D eigenvalue weighted by molar-refractivity contribution is 7.80. The number of nitrogens with one attached hydrogen (secondary N) is 1. The first-order valence-electron chi connectivity index (χ1n) is 5.58. The van der Waals surface area contributed by atoms with Crippen LogP contribution in [-0.2, 0) is 4.79 Å². The van der Waals surface area contributed by atoms with E-state index in [4.69, 9.17) is 12.2 Å². The van der Waals surface area contributed by atoms with Crippen LogP contribution < -0.4 is 5.32 Å². The predicted molar refractivity (Wildman–Crippen MR) is 72.4 cm³/mol. The number of thiocarbonyl (C=S) groups is 1. The minimum atomic E-state index is -0.0899.